The SMILES string of the molecule is CC(=O)C1C=CC(C2=CCC(S(=O)(=O)N[C@@H]3CCCc4c(OCC(=O)O)cccc43)C=C2)=CC1. The van der Waals surface area contributed by atoms with Crippen molar-refractivity contribution in [3.8, 4) is 5.75 Å². The topological polar surface area (TPSA) is 110 Å². The van der Waals surface area contributed by atoms with Crippen molar-refractivity contribution in [3.05, 3.63) is 76.9 Å². The van der Waals surface area contributed by atoms with Gasteiger partial charge < -0.3 is 9.84 Å². The second-order valence-corrected chi connectivity index (χ2v) is 10.8. The van der Waals surface area contributed by atoms with E-state index in [4.69, 9.17) is 9.84 Å². The van der Waals surface area contributed by atoms with Gasteiger partial charge in [0.15, 0.2) is 6.61 Å². The lowest BCUT2D eigenvalue weighted by Gasteiger charge is -2.29. The molecule has 3 aliphatic rings. The van der Waals surface area contributed by atoms with E-state index in [1.54, 1.807) is 25.1 Å². The molecule has 4 rings (SSSR count). The van der Waals surface area contributed by atoms with Gasteiger partial charge in [0, 0.05) is 12.0 Å². The zero-order valence-electron chi connectivity index (χ0n) is 19.1. The molecule has 1 aromatic carbocycles. The number of carbonyl (C=O) groups is 2. The van der Waals surface area contributed by atoms with Gasteiger partial charge in [-0.25, -0.2) is 17.9 Å². The van der Waals surface area contributed by atoms with Crippen LogP contribution in [0.2, 0.25) is 0 Å². The van der Waals surface area contributed by atoms with Crippen molar-refractivity contribution in [3.63, 3.8) is 0 Å². The van der Waals surface area contributed by atoms with Crippen LogP contribution in [0.4, 0.5) is 0 Å². The van der Waals surface area contributed by atoms with E-state index in [9.17, 15) is 18.0 Å². The van der Waals surface area contributed by atoms with Crippen molar-refractivity contribution in [2.24, 2.45) is 5.92 Å². The van der Waals surface area contributed by atoms with Crippen LogP contribution in [0.15, 0.2) is 65.8 Å². The molecule has 180 valence electrons. The molecule has 0 aromatic heterocycles. The average Bonchev–Trinajstić information content (AvgIpc) is 2.83. The third kappa shape index (κ3) is 5.39. The number of nitrogens with one attached hydrogen (secondary N) is 1. The van der Waals surface area contributed by atoms with Crippen molar-refractivity contribution >= 4 is 21.8 Å². The van der Waals surface area contributed by atoms with Crippen LogP contribution < -0.4 is 9.46 Å². The Bertz CT molecular complexity index is 1210. The number of aliphatic carboxylic acids is 1. The molecule has 3 atom stereocenters. The number of hydrogen-bond acceptors (Lipinski definition) is 5. The summed E-state index contributed by atoms with van der Waals surface area (Å²) in [5.74, 6) is -0.500. The monoisotopic (exact) mass is 483 g/mol. The first-order chi connectivity index (χ1) is 16.2. The first-order valence-electron chi connectivity index (χ1n) is 11.5. The van der Waals surface area contributed by atoms with Crippen LogP contribution in [0.3, 0.4) is 0 Å². The standard InChI is InChI=1S/C26H29NO6S/c1-17(28)18-8-10-19(11-9-18)20-12-14-21(15-13-20)34(31,32)27-24-6-2-5-23-22(24)4-3-7-25(23)33-16-26(29)30/h3-4,7-8,10-14,18,21,24,27H,2,5-6,9,15-16H2,1H3,(H,29,30)/t18?,21?,24-/m1/s1. The molecule has 2 unspecified atom stereocenters. The minimum Gasteiger partial charge on any atom is -0.482 e. The van der Waals surface area contributed by atoms with E-state index in [-0.39, 0.29) is 17.7 Å². The summed E-state index contributed by atoms with van der Waals surface area (Å²) in [6, 6.07) is 4.98. The summed E-state index contributed by atoms with van der Waals surface area (Å²) in [5, 5.41) is 8.24. The number of carboxylic acids is 1. The highest BCUT2D eigenvalue weighted by molar-refractivity contribution is 7.90. The van der Waals surface area contributed by atoms with Crippen molar-refractivity contribution in [1.82, 2.24) is 4.72 Å². The minimum atomic E-state index is -3.64. The van der Waals surface area contributed by atoms with Crippen LogP contribution in [-0.2, 0) is 26.0 Å². The Morgan fingerprint density at radius 1 is 1.12 bits per heavy atom. The molecule has 7 nitrogen and oxygen atoms in total. The molecule has 0 spiro atoms. The summed E-state index contributed by atoms with van der Waals surface area (Å²) < 4.78 is 34.7. The van der Waals surface area contributed by atoms with E-state index in [2.05, 4.69) is 4.72 Å². The van der Waals surface area contributed by atoms with Crippen molar-refractivity contribution in [2.75, 3.05) is 6.61 Å². The Balaban J connectivity index is 1.44. The van der Waals surface area contributed by atoms with E-state index in [1.165, 1.54) is 0 Å². The second-order valence-electron chi connectivity index (χ2n) is 8.88. The Morgan fingerprint density at radius 3 is 2.47 bits per heavy atom. The van der Waals surface area contributed by atoms with Gasteiger partial charge in [0.25, 0.3) is 0 Å². The maximum absolute atomic E-state index is 13.2. The number of carbonyl (C=O) groups excluding carboxylic acids is 1. The summed E-state index contributed by atoms with van der Waals surface area (Å²) in [6.07, 6.45) is 14.5. The predicted octanol–water partition coefficient (Wildman–Crippen LogP) is 3.79. The molecule has 0 bridgehead atoms. The maximum atomic E-state index is 13.2. The lowest BCUT2D eigenvalue weighted by Crippen LogP contribution is -2.37. The molecule has 0 radical (unpaired) electrons. The summed E-state index contributed by atoms with van der Waals surface area (Å²) in [7, 11) is -3.64. The summed E-state index contributed by atoms with van der Waals surface area (Å²) in [6.45, 7) is 1.15. The Hall–Kier alpha value is -2.97. The van der Waals surface area contributed by atoms with Crippen molar-refractivity contribution in [1.29, 1.82) is 0 Å². The number of hydrogen-bond donors (Lipinski definition) is 2. The number of sulfonamides is 1. The number of carboxylic acid groups (broad SMARTS) is 1. The molecule has 0 saturated heterocycles. The van der Waals surface area contributed by atoms with Crippen LogP contribution in [-0.4, -0.2) is 37.1 Å². The normalized spacial score (nSPS) is 24.1. The zero-order valence-corrected chi connectivity index (χ0v) is 19.9. The van der Waals surface area contributed by atoms with E-state index in [0.29, 0.717) is 31.4 Å². The third-order valence-corrected chi connectivity index (χ3v) is 8.30. The largest absolute Gasteiger partial charge is 0.482 e. The first kappa shape index (κ1) is 24.2. The van der Waals surface area contributed by atoms with Gasteiger partial charge in [0.2, 0.25) is 10.0 Å². The van der Waals surface area contributed by atoms with Crippen LogP contribution >= 0.6 is 0 Å². The number of allylic oxidation sites excluding steroid dienone is 7. The fraction of sp³-hybridized carbons (Fsp3) is 0.385. The number of Topliss-reactive ketones (excluding diaryl/α,β-unsaturated/α-hetero) is 1. The molecular formula is C26H29NO6S. The molecule has 0 aliphatic heterocycles. The fourth-order valence-corrected chi connectivity index (χ4v) is 6.13. The molecule has 0 amide bonds. The van der Waals surface area contributed by atoms with Crippen LogP contribution in [0, 0.1) is 5.92 Å². The quantitative estimate of drug-likeness (QED) is 0.582. The van der Waals surface area contributed by atoms with Gasteiger partial charge in [-0.1, -0.05) is 48.6 Å². The van der Waals surface area contributed by atoms with Crippen LogP contribution in [0.1, 0.15) is 49.8 Å². The van der Waals surface area contributed by atoms with Gasteiger partial charge >= 0.3 is 5.97 Å². The molecule has 8 heteroatoms. The summed E-state index contributed by atoms with van der Waals surface area (Å²) in [4.78, 5) is 22.4. The van der Waals surface area contributed by atoms with Crippen molar-refractivity contribution in [2.45, 2.75) is 50.3 Å². The fourth-order valence-electron chi connectivity index (χ4n) is 4.68. The molecular weight excluding hydrogens is 454 g/mol. The lowest BCUT2D eigenvalue weighted by molar-refractivity contribution is -0.139. The van der Waals surface area contributed by atoms with Gasteiger partial charge in [-0.15, -0.1) is 0 Å². The van der Waals surface area contributed by atoms with Crippen molar-refractivity contribution < 1.29 is 27.9 Å². The first-order valence-corrected chi connectivity index (χ1v) is 13.0. The molecule has 2 N–H and O–H groups in total. The zero-order chi connectivity index (χ0) is 24.3. The molecule has 34 heavy (non-hydrogen) atoms. The van der Waals surface area contributed by atoms with Crippen LogP contribution in [0.25, 0.3) is 0 Å². The van der Waals surface area contributed by atoms with E-state index >= 15 is 0 Å². The summed E-state index contributed by atoms with van der Waals surface area (Å²) >= 11 is 0. The number of rotatable bonds is 8. The molecule has 0 fully saturated rings. The molecule has 3 aliphatic carbocycles. The Labute approximate surface area is 199 Å². The number of fused-ring (bicyclic) bond motifs is 1. The van der Waals surface area contributed by atoms with E-state index in [0.717, 1.165) is 28.7 Å². The lowest BCUT2D eigenvalue weighted by atomic mass is 9.87. The number of ketones is 1. The highest BCUT2D eigenvalue weighted by Gasteiger charge is 2.31. The highest BCUT2D eigenvalue weighted by atomic mass is 32.2. The van der Waals surface area contributed by atoms with Gasteiger partial charge in [0.05, 0.1) is 5.25 Å². The Morgan fingerprint density at radius 2 is 1.85 bits per heavy atom. The Kier molecular flexibility index (Phi) is 7.19. The van der Waals surface area contributed by atoms with E-state index in [1.807, 2.05) is 36.4 Å². The second kappa shape index (κ2) is 10.1. The predicted molar refractivity (Wildman–Crippen MR) is 129 cm³/mol. The van der Waals surface area contributed by atoms with E-state index < -0.39 is 27.8 Å². The van der Waals surface area contributed by atoms with Gasteiger partial charge in [-0.2, -0.15) is 0 Å². The van der Waals surface area contributed by atoms with Gasteiger partial charge in [0.1, 0.15) is 11.5 Å². The summed E-state index contributed by atoms with van der Waals surface area (Å²) in [5.41, 5.74) is 3.68. The molecule has 1 aromatic rings. The highest BCUT2D eigenvalue weighted by Crippen LogP contribution is 2.36. The molecule has 0 saturated carbocycles. The smallest absolute Gasteiger partial charge is 0.341 e. The molecule has 0 heterocycles. The van der Waals surface area contributed by atoms with Gasteiger partial charge in [-0.3, -0.25) is 4.79 Å². The number of ether oxygens (including phenoxy) is 1. The average molecular weight is 484 g/mol. The maximum Gasteiger partial charge on any atom is 0.341 e. The number of benzene rings is 1. The van der Waals surface area contributed by atoms with Gasteiger partial charge in [-0.05, 0) is 67.4 Å². The minimum absolute atomic E-state index is 0.0809. The van der Waals surface area contributed by atoms with Crippen LogP contribution in [0.5, 0.6) is 5.75 Å². The third-order valence-electron chi connectivity index (χ3n) is 6.54.